The molecule has 0 saturated heterocycles. The van der Waals surface area contributed by atoms with E-state index < -0.39 is 23.0 Å². The third kappa shape index (κ3) is 3.99. The summed E-state index contributed by atoms with van der Waals surface area (Å²) in [5.41, 5.74) is 5.24. The van der Waals surface area contributed by atoms with E-state index in [1.54, 1.807) is 0 Å². The average Bonchev–Trinajstić information content (AvgIpc) is 2.39. The van der Waals surface area contributed by atoms with Gasteiger partial charge in [0, 0.05) is 0 Å². The number of halogens is 4. The predicted octanol–water partition coefficient (Wildman–Crippen LogP) is 2.66. The Hall–Kier alpha value is -0.980. The lowest BCUT2D eigenvalue weighted by atomic mass is 10.4. The van der Waals surface area contributed by atoms with Gasteiger partial charge < -0.3 is 15.2 Å². The lowest BCUT2D eigenvalue weighted by Crippen LogP contribution is -2.27. The van der Waals surface area contributed by atoms with Crippen molar-refractivity contribution in [2.75, 3.05) is 18.2 Å². The number of carbonyl (C=O) groups excluding carboxylic acids is 1. The van der Waals surface area contributed by atoms with Crippen LogP contribution in [0.2, 0.25) is 10.0 Å². The standard InChI is InChI=1S/C10H10Cl3FN2O3/c1-4(10(17)18-3-2-11)19-9-6(13)7(15)5(12)8(14)16-9/h4H,2-3H2,1H3,(H2,15,16)/t4-/m1/s1. The van der Waals surface area contributed by atoms with Gasteiger partial charge in [-0.2, -0.15) is 9.37 Å². The van der Waals surface area contributed by atoms with Gasteiger partial charge in [-0.25, -0.2) is 4.79 Å². The highest BCUT2D eigenvalue weighted by molar-refractivity contribution is 6.39. The maximum atomic E-state index is 13.3. The Kier molecular flexibility index (Phi) is 5.90. The fraction of sp³-hybridized carbons (Fsp3) is 0.400. The summed E-state index contributed by atoms with van der Waals surface area (Å²) in [5.74, 6) is -1.91. The molecule has 0 unspecified atom stereocenters. The number of esters is 1. The van der Waals surface area contributed by atoms with Crippen molar-refractivity contribution < 1.29 is 18.7 Å². The number of nitrogen functional groups attached to an aromatic ring is 1. The van der Waals surface area contributed by atoms with E-state index in [0.717, 1.165) is 0 Å². The smallest absolute Gasteiger partial charge is 0.347 e. The summed E-state index contributed by atoms with van der Waals surface area (Å²) in [6, 6.07) is 0. The molecule has 0 aliphatic carbocycles. The highest BCUT2D eigenvalue weighted by Gasteiger charge is 2.22. The first-order valence-electron chi connectivity index (χ1n) is 5.07. The van der Waals surface area contributed by atoms with E-state index in [1.807, 2.05) is 0 Å². The van der Waals surface area contributed by atoms with Gasteiger partial charge in [-0.15, -0.1) is 11.6 Å². The third-order valence-corrected chi connectivity index (χ3v) is 2.86. The fourth-order valence-electron chi connectivity index (χ4n) is 1.06. The summed E-state index contributed by atoms with van der Waals surface area (Å²) >= 11 is 16.7. The Labute approximate surface area is 123 Å². The van der Waals surface area contributed by atoms with Gasteiger partial charge in [0.25, 0.3) is 0 Å². The predicted molar refractivity (Wildman–Crippen MR) is 70.4 cm³/mol. The topological polar surface area (TPSA) is 74.4 Å². The summed E-state index contributed by atoms with van der Waals surface area (Å²) in [5, 5.41) is -0.585. The molecule has 1 heterocycles. The number of ether oxygens (including phenoxy) is 2. The van der Waals surface area contributed by atoms with E-state index in [1.165, 1.54) is 6.92 Å². The molecule has 1 aromatic heterocycles. The van der Waals surface area contributed by atoms with Crippen molar-refractivity contribution in [3.63, 3.8) is 0 Å². The maximum absolute atomic E-state index is 13.3. The van der Waals surface area contributed by atoms with Crippen LogP contribution in [-0.4, -0.2) is 29.5 Å². The molecule has 19 heavy (non-hydrogen) atoms. The van der Waals surface area contributed by atoms with Crippen LogP contribution in [0.4, 0.5) is 10.1 Å². The molecular weight excluding hydrogens is 321 g/mol. The molecule has 0 fully saturated rings. The number of anilines is 1. The zero-order valence-corrected chi connectivity index (χ0v) is 12.0. The van der Waals surface area contributed by atoms with Crippen molar-refractivity contribution in [2.45, 2.75) is 13.0 Å². The van der Waals surface area contributed by atoms with Crippen LogP contribution in [0.25, 0.3) is 0 Å². The second kappa shape index (κ2) is 6.98. The molecule has 0 bridgehead atoms. The van der Waals surface area contributed by atoms with Crippen LogP contribution in [-0.2, 0) is 9.53 Å². The number of nitrogens with zero attached hydrogens (tertiary/aromatic N) is 1. The van der Waals surface area contributed by atoms with Gasteiger partial charge in [-0.05, 0) is 6.92 Å². The molecular formula is C10H10Cl3FN2O3. The summed E-state index contributed by atoms with van der Waals surface area (Å²) in [7, 11) is 0. The number of hydrogen-bond donors (Lipinski definition) is 1. The van der Waals surface area contributed by atoms with Gasteiger partial charge in [-0.1, -0.05) is 23.2 Å². The van der Waals surface area contributed by atoms with Gasteiger partial charge in [0.2, 0.25) is 11.8 Å². The number of hydrogen-bond acceptors (Lipinski definition) is 5. The van der Waals surface area contributed by atoms with E-state index in [0.29, 0.717) is 0 Å². The summed E-state index contributed by atoms with van der Waals surface area (Å²) < 4.78 is 23.1. The minimum Gasteiger partial charge on any atom is -0.462 e. The Balaban J connectivity index is 2.85. The number of nitrogens with two attached hydrogens (primary N) is 1. The van der Waals surface area contributed by atoms with Crippen LogP contribution in [0.1, 0.15) is 6.92 Å². The van der Waals surface area contributed by atoms with Gasteiger partial charge in [0.1, 0.15) is 16.7 Å². The maximum Gasteiger partial charge on any atom is 0.347 e. The number of rotatable bonds is 5. The molecule has 0 spiro atoms. The first-order valence-corrected chi connectivity index (χ1v) is 6.36. The fourth-order valence-corrected chi connectivity index (χ4v) is 1.50. The molecule has 106 valence electrons. The molecule has 5 nitrogen and oxygen atoms in total. The lowest BCUT2D eigenvalue weighted by Gasteiger charge is -2.15. The van der Waals surface area contributed by atoms with Crippen molar-refractivity contribution in [2.24, 2.45) is 0 Å². The molecule has 0 aromatic carbocycles. The Morgan fingerprint density at radius 1 is 1.47 bits per heavy atom. The van der Waals surface area contributed by atoms with Gasteiger partial charge >= 0.3 is 5.97 Å². The van der Waals surface area contributed by atoms with Gasteiger partial charge in [0.15, 0.2) is 6.10 Å². The van der Waals surface area contributed by atoms with Crippen molar-refractivity contribution in [1.29, 1.82) is 0 Å². The van der Waals surface area contributed by atoms with Crippen LogP contribution in [0, 0.1) is 5.95 Å². The molecule has 0 aliphatic rings. The van der Waals surface area contributed by atoms with Crippen LogP contribution in [0.5, 0.6) is 5.88 Å². The lowest BCUT2D eigenvalue weighted by molar-refractivity contribution is -0.150. The van der Waals surface area contributed by atoms with Crippen LogP contribution >= 0.6 is 34.8 Å². The molecule has 9 heteroatoms. The normalized spacial score (nSPS) is 12.1. The first-order chi connectivity index (χ1) is 8.88. The van der Waals surface area contributed by atoms with Crippen molar-refractivity contribution in [1.82, 2.24) is 4.98 Å². The number of aromatic nitrogens is 1. The zero-order valence-electron chi connectivity index (χ0n) is 9.75. The average molecular weight is 332 g/mol. The second-order valence-electron chi connectivity index (χ2n) is 3.37. The highest BCUT2D eigenvalue weighted by atomic mass is 35.5. The van der Waals surface area contributed by atoms with E-state index in [9.17, 15) is 9.18 Å². The second-order valence-corrected chi connectivity index (χ2v) is 4.50. The minimum absolute atomic E-state index is 0.0341. The Morgan fingerprint density at radius 2 is 2.11 bits per heavy atom. The molecule has 0 aliphatic heterocycles. The molecule has 1 aromatic rings. The molecule has 0 amide bonds. The third-order valence-electron chi connectivity index (χ3n) is 1.98. The van der Waals surface area contributed by atoms with Crippen LogP contribution in [0.3, 0.4) is 0 Å². The Bertz CT molecular complexity index is 488. The molecule has 0 saturated carbocycles. The summed E-state index contributed by atoms with van der Waals surface area (Å²) in [4.78, 5) is 14.8. The summed E-state index contributed by atoms with van der Waals surface area (Å²) in [6.45, 7) is 1.42. The Morgan fingerprint density at radius 3 is 2.68 bits per heavy atom. The highest BCUT2D eigenvalue weighted by Crippen LogP contribution is 2.35. The molecule has 0 radical (unpaired) electrons. The number of carbonyl (C=O) groups is 1. The number of alkyl halides is 1. The largest absolute Gasteiger partial charge is 0.462 e. The van der Waals surface area contributed by atoms with Crippen molar-refractivity contribution in [3.8, 4) is 5.88 Å². The molecule has 2 N–H and O–H groups in total. The van der Waals surface area contributed by atoms with Crippen molar-refractivity contribution >= 4 is 46.5 Å². The monoisotopic (exact) mass is 330 g/mol. The van der Waals surface area contributed by atoms with Crippen LogP contribution < -0.4 is 10.5 Å². The SMILES string of the molecule is C[C@@H](Oc1nc(F)c(Cl)c(N)c1Cl)C(=O)OCCCl. The van der Waals surface area contributed by atoms with E-state index in [2.05, 4.69) is 4.98 Å². The zero-order chi connectivity index (χ0) is 14.6. The van der Waals surface area contributed by atoms with Crippen LogP contribution in [0.15, 0.2) is 0 Å². The minimum atomic E-state index is -1.05. The quantitative estimate of drug-likeness (QED) is 0.510. The number of pyridine rings is 1. The summed E-state index contributed by atoms with van der Waals surface area (Å²) in [6.07, 6.45) is -1.05. The van der Waals surface area contributed by atoms with E-state index in [4.69, 9.17) is 50.0 Å². The van der Waals surface area contributed by atoms with Crippen molar-refractivity contribution in [3.05, 3.63) is 16.0 Å². The van der Waals surface area contributed by atoms with Gasteiger partial charge in [-0.3, -0.25) is 0 Å². The first kappa shape index (κ1) is 16.1. The van der Waals surface area contributed by atoms with Gasteiger partial charge in [0.05, 0.1) is 11.6 Å². The van der Waals surface area contributed by atoms with E-state index in [-0.39, 0.29) is 29.1 Å². The molecule has 1 atom stereocenters. The van der Waals surface area contributed by atoms with E-state index >= 15 is 0 Å². The molecule has 1 rings (SSSR count).